The van der Waals surface area contributed by atoms with Crippen LogP contribution in [-0.4, -0.2) is 11.5 Å². The maximum atomic E-state index is 5.15. The van der Waals surface area contributed by atoms with Crippen LogP contribution in [0.25, 0.3) is 0 Å². The molecule has 0 radical (unpaired) electrons. The smallest absolute Gasteiger partial charge is 0.211 e. The maximum absolute atomic E-state index is 5.15. The molecule has 0 saturated carbocycles. The molecule has 1 atom stereocenters. The molecule has 0 bridgehead atoms. The van der Waals surface area contributed by atoms with Crippen LogP contribution in [0.5, 0.6) is 0 Å². The molecule has 58 valence electrons. The lowest BCUT2D eigenvalue weighted by Crippen LogP contribution is -2.12. The van der Waals surface area contributed by atoms with Gasteiger partial charge in [-0.3, -0.25) is 0 Å². The van der Waals surface area contributed by atoms with Gasteiger partial charge in [0, 0.05) is 6.54 Å². The second-order valence-corrected chi connectivity index (χ2v) is 2.76. The Labute approximate surface area is 65.1 Å². The van der Waals surface area contributed by atoms with E-state index in [4.69, 9.17) is 4.42 Å². The van der Waals surface area contributed by atoms with Gasteiger partial charge in [0.1, 0.15) is 6.26 Å². The van der Waals surface area contributed by atoms with Crippen molar-refractivity contribution in [2.45, 2.75) is 12.5 Å². The van der Waals surface area contributed by atoms with Crippen molar-refractivity contribution in [3.63, 3.8) is 0 Å². The first-order valence-corrected chi connectivity index (χ1v) is 3.65. The van der Waals surface area contributed by atoms with Crippen LogP contribution >= 0.6 is 0 Å². The Hall–Kier alpha value is -1.09. The van der Waals surface area contributed by atoms with Gasteiger partial charge in [0.2, 0.25) is 5.89 Å². The molecule has 1 saturated heterocycles. The zero-order valence-corrected chi connectivity index (χ0v) is 6.21. The fourth-order valence-corrected chi connectivity index (χ4v) is 1.28. The van der Waals surface area contributed by atoms with Gasteiger partial charge in [-0.2, -0.15) is 0 Å². The molecule has 3 heteroatoms. The Balaban J connectivity index is 2.13. The quantitative estimate of drug-likeness (QED) is 0.612. The van der Waals surface area contributed by atoms with Crippen molar-refractivity contribution >= 4 is 0 Å². The highest BCUT2D eigenvalue weighted by molar-refractivity contribution is 5.10. The van der Waals surface area contributed by atoms with Gasteiger partial charge >= 0.3 is 0 Å². The topological polar surface area (TPSA) is 38.1 Å². The fraction of sp³-hybridized carbons (Fsp3) is 0.375. The first-order chi connectivity index (χ1) is 5.36. The van der Waals surface area contributed by atoms with Crippen LogP contribution in [-0.2, 0) is 0 Å². The van der Waals surface area contributed by atoms with Crippen LogP contribution in [0, 0.1) is 0 Å². The lowest BCUT2D eigenvalue weighted by atomic mass is 10.2. The van der Waals surface area contributed by atoms with Gasteiger partial charge in [-0.05, 0) is 6.42 Å². The third kappa shape index (κ3) is 1.19. The minimum Gasteiger partial charge on any atom is -0.447 e. The van der Waals surface area contributed by atoms with Crippen LogP contribution in [0.4, 0.5) is 0 Å². The highest BCUT2D eigenvalue weighted by Gasteiger charge is 2.21. The summed E-state index contributed by atoms with van der Waals surface area (Å²) in [5.41, 5.74) is 1.22. The average molecular weight is 150 g/mol. The molecule has 0 aliphatic carbocycles. The zero-order valence-electron chi connectivity index (χ0n) is 6.21. The second kappa shape index (κ2) is 2.51. The van der Waals surface area contributed by atoms with E-state index in [1.165, 1.54) is 5.57 Å². The van der Waals surface area contributed by atoms with Crippen molar-refractivity contribution in [2.24, 2.45) is 0 Å². The van der Waals surface area contributed by atoms with Gasteiger partial charge in [-0.25, -0.2) is 4.98 Å². The minimum atomic E-state index is 0.248. The van der Waals surface area contributed by atoms with Crippen molar-refractivity contribution < 1.29 is 4.42 Å². The predicted molar refractivity (Wildman–Crippen MR) is 41.0 cm³/mol. The third-order valence-electron chi connectivity index (χ3n) is 1.84. The van der Waals surface area contributed by atoms with E-state index in [9.17, 15) is 0 Å². The highest BCUT2D eigenvalue weighted by atomic mass is 16.3. The fourth-order valence-electron chi connectivity index (χ4n) is 1.28. The highest BCUT2D eigenvalue weighted by Crippen LogP contribution is 2.23. The van der Waals surface area contributed by atoms with Gasteiger partial charge in [-0.1, -0.05) is 12.2 Å². The summed E-state index contributed by atoms with van der Waals surface area (Å²) >= 11 is 0. The van der Waals surface area contributed by atoms with Gasteiger partial charge in [0.15, 0.2) is 0 Å². The summed E-state index contributed by atoms with van der Waals surface area (Å²) in [6.45, 7) is 4.76. The molecule has 0 spiro atoms. The Bertz CT molecular complexity index is 253. The largest absolute Gasteiger partial charge is 0.447 e. The van der Waals surface area contributed by atoms with Gasteiger partial charge in [0.05, 0.1) is 12.2 Å². The van der Waals surface area contributed by atoms with Gasteiger partial charge < -0.3 is 9.73 Å². The van der Waals surface area contributed by atoms with E-state index in [1.807, 2.05) is 0 Å². The molecule has 1 fully saturated rings. The Morgan fingerprint density at radius 1 is 1.73 bits per heavy atom. The number of nitrogens with zero attached hydrogens (tertiary/aromatic N) is 1. The first-order valence-electron chi connectivity index (χ1n) is 3.65. The van der Waals surface area contributed by atoms with E-state index < -0.39 is 0 Å². The molecule has 1 aromatic rings. The molecule has 1 aliphatic heterocycles. The molecule has 2 rings (SSSR count). The number of aromatic nitrogens is 1. The molecule has 1 aliphatic rings. The molecule has 0 amide bonds. The van der Waals surface area contributed by atoms with E-state index in [0.717, 1.165) is 18.9 Å². The lowest BCUT2D eigenvalue weighted by molar-refractivity contribution is 0.431. The summed E-state index contributed by atoms with van der Waals surface area (Å²) in [7, 11) is 0. The van der Waals surface area contributed by atoms with Crippen LogP contribution < -0.4 is 5.32 Å². The summed E-state index contributed by atoms with van der Waals surface area (Å²) in [4.78, 5) is 4.06. The number of rotatable bonds is 1. The normalized spacial score (nSPS) is 24.4. The third-order valence-corrected chi connectivity index (χ3v) is 1.84. The molecule has 3 nitrogen and oxygen atoms in total. The number of hydrogen-bond donors (Lipinski definition) is 1. The lowest BCUT2D eigenvalue weighted by Gasteiger charge is -2.01. The molecule has 1 N–H and O–H groups in total. The van der Waals surface area contributed by atoms with E-state index in [2.05, 4.69) is 16.9 Å². The molecule has 11 heavy (non-hydrogen) atoms. The minimum absolute atomic E-state index is 0.248. The van der Waals surface area contributed by atoms with E-state index in [1.54, 1.807) is 12.5 Å². The van der Waals surface area contributed by atoms with Crippen LogP contribution in [0.1, 0.15) is 18.4 Å². The van der Waals surface area contributed by atoms with Crippen LogP contribution in [0.2, 0.25) is 0 Å². The SMILES string of the molecule is C=C1CNC(c2ncco2)C1. The molecule has 1 unspecified atom stereocenters. The number of oxazole rings is 1. The van der Waals surface area contributed by atoms with E-state index in [-0.39, 0.29) is 6.04 Å². The monoisotopic (exact) mass is 150 g/mol. The summed E-state index contributed by atoms with van der Waals surface area (Å²) in [6.07, 6.45) is 4.21. The molecule has 2 heterocycles. The van der Waals surface area contributed by atoms with E-state index in [0.29, 0.717) is 0 Å². The standard InChI is InChI=1S/C8H10N2O/c1-6-4-7(10-5-6)8-9-2-3-11-8/h2-3,7,10H,1,4-5H2. The van der Waals surface area contributed by atoms with Crippen molar-refractivity contribution in [3.8, 4) is 0 Å². The maximum Gasteiger partial charge on any atom is 0.211 e. The van der Waals surface area contributed by atoms with Crippen LogP contribution in [0.15, 0.2) is 29.0 Å². The van der Waals surface area contributed by atoms with Gasteiger partial charge in [-0.15, -0.1) is 0 Å². The second-order valence-electron chi connectivity index (χ2n) is 2.76. The first kappa shape index (κ1) is 6.61. The summed E-state index contributed by atoms with van der Waals surface area (Å²) in [6, 6.07) is 0.248. The zero-order chi connectivity index (χ0) is 7.68. The molecule has 0 aromatic carbocycles. The average Bonchev–Trinajstić information content (AvgIpc) is 2.55. The predicted octanol–water partition coefficient (Wildman–Crippen LogP) is 1.27. The molecular formula is C8H10N2O. The Morgan fingerprint density at radius 2 is 2.64 bits per heavy atom. The number of hydrogen-bond acceptors (Lipinski definition) is 3. The van der Waals surface area contributed by atoms with Crippen molar-refractivity contribution in [3.05, 3.63) is 30.5 Å². The Kier molecular flexibility index (Phi) is 1.51. The van der Waals surface area contributed by atoms with Crippen molar-refractivity contribution in [2.75, 3.05) is 6.54 Å². The Morgan fingerprint density at radius 3 is 3.18 bits per heavy atom. The summed E-state index contributed by atoms with van der Waals surface area (Å²) < 4.78 is 5.15. The van der Waals surface area contributed by atoms with Crippen molar-refractivity contribution in [1.82, 2.24) is 10.3 Å². The van der Waals surface area contributed by atoms with E-state index >= 15 is 0 Å². The number of nitrogens with one attached hydrogen (secondary N) is 1. The van der Waals surface area contributed by atoms with Crippen molar-refractivity contribution in [1.29, 1.82) is 0 Å². The van der Waals surface area contributed by atoms with Gasteiger partial charge in [0.25, 0.3) is 0 Å². The molecular weight excluding hydrogens is 140 g/mol. The summed E-state index contributed by atoms with van der Waals surface area (Å²) in [5, 5.41) is 3.25. The van der Waals surface area contributed by atoms with Crippen LogP contribution in [0.3, 0.4) is 0 Å². The summed E-state index contributed by atoms with van der Waals surface area (Å²) in [5.74, 6) is 0.767. The molecule has 1 aromatic heterocycles.